The van der Waals surface area contributed by atoms with Crippen molar-refractivity contribution in [2.75, 3.05) is 6.61 Å². The lowest BCUT2D eigenvalue weighted by atomic mass is 9.95. The standard InChI is InChI=1S/C8H12N2O/c9-10-7-3-1-2-6-4-5-11-8(6)7/h1-3,6,8,10H,4-5,9H2. The number of nitrogens with one attached hydrogen (secondary N) is 1. The smallest absolute Gasteiger partial charge is 0.105 e. The predicted octanol–water partition coefficient (Wildman–Crippen LogP) is 0.308. The van der Waals surface area contributed by atoms with Gasteiger partial charge in [-0.25, -0.2) is 0 Å². The number of fused-ring (bicyclic) bond motifs is 1. The fourth-order valence-corrected chi connectivity index (χ4v) is 1.65. The van der Waals surface area contributed by atoms with E-state index in [-0.39, 0.29) is 6.10 Å². The van der Waals surface area contributed by atoms with Crippen molar-refractivity contribution in [3.8, 4) is 0 Å². The van der Waals surface area contributed by atoms with Crippen LogP contribution in [0.4, 0.5) is 0 Å². The third-order valence-corrected chi connectivity index (χ3v) is 2.24. The van der Waals surface area contributed by atoms with Gasteiger partial charge in [-0.3, -0.25) is 5.84 Å². The van der Waals surface area contributed by atoms with Crippen LogP contribution >= 0.6 is 0 Å². The van der Waals surface area contributed by atoms with Gasteiger partial charge in [-0.2, -0.15) is 0 Å². The summed E-state index contributed by atoms with van der Waals surface area (Å²) < 4.78 is 5.50. The Morgan fingerprint density at radius 1 is 1.64 bits per heavy atom. The second-order valence-electron chi connectivity index (χ2n) is 2.90. The number of hydrazine groups is 1. The van der Waals surface area contributed by atoms with Crippen molar-refractivity contribution < 1.29 is 4.74 Å². The Morgan fingerprint density at radius 2 is 2.55 bits per heavy atom. The van der Waals surface area contributed by atoms with Crippen LogP contribution in [0, 0.1) is 5.92 Å². The second-order valence-corrected chi connectivity index (χ2v) is 2.90. The van der Waals surface area contributed by atoms with Crippen LogP contribution in [-0.4, -0.2) is 12.7 Å². The summed E-state index contributed by atoms with van der Waals surface area (Å²) in [5.74, 6) is 5.86. The zero-order valence-corrected chi connectivity index (χ0v) is 6.29. The lowest BCUT2D eigenvalue weighted by Crippen LogP contribution is -2.33. The Balaban J connectivity index is 2.19. The molecular weight excluding hydrogens is 140 g/mol. The third-order valence-electron chi connectivity index (χ3n) is 2.24. The van der Waals surface area contributed by atoms with Crippen molar-refractivity contribution in [3.63, 3.8) is 0 Å². The summed E-state index contributed by atoms with van der Waals surface area (Å²) in [5, 5.41) is 0. The van der Waals surface area contributed by atoms with Gasteiger partial charge in [0.15, 0.2) is 0 Å². The van der Waals surface area contributed by atoms with Gasteiger partial charge in [-0.1, -0.05) is 12.2 Å². The molecule has 0 aromatic heterocycles. The van der Waals surface area contributed by atoms with E-state index in [0.29, 0.717) is 5.92 Å². The van der Waals surface area contributed by atoms with E-state index in [1.165, 1.54) is 0 Å². The van der Waals surface area contributed by atoms with E-state index in [1.807, 2.05) is 12.2 Å². The summed E-state index contributed by atoms with van der Waals surface area (Å²) >= 11 is 0. The van der Waals surface area contributed by atoms with Crippen LogP contribution < -0.4 is 11.3 Å². The Kier molecular flexibility index (Phi) is 1.68. The molecule has 0 aromatic rings. The molecular formula is C8H12N2O. The van der Waals surface area contributed by atoms with E-state index < -0.39 is 0 Å². The minimum absolute atomic E-state index is 0.185. The Bertz CT molecular complexity index is 210. The van der Waals surface area contributed by atoms with Crippen LogP contribution in [0.25, 0.3) is 0 Å². The van der Waals surface area contributed by atoms with Gasteiger partial charge in [-0.05, 0) is 12.5 Å². The fourth-order valence-electron chi connectivity index (χ4n) is 1.65. The van der Waals surface area contributed by atoms with Gasteiger partial charge in [0.1, 0.15) is 6.10 Å². The molecule has 0 amide bonds. The summed E-state index contributed by atoms with van der Waals surface area (Å²) in [6.07, 6.45) is 7.47. The van der Waals surface area contributed by atoms with Gasteiger partial charge in [0.25, 0.3) is 0 Å². The Morgan fingerprint density at radius 3 is 3.36 bits per heavy atom. The highest BCUT2D eigenvalue weighted by Crippen LogP contribution is 2.28. The molecule has 2 unspecified atom stereocenters. The SMILES string of the molecule is NNC1=CC=CC2CCOC12. The molecule has 3 nitrogen and oxygen atoms in total. The molecule has 0 spiro atoms. The molecule has 2 atom stereocenters. The molecule has 1 aliphatic carbocycles. The first kappa shape index (κ1) is 6.88. The molecule has 0 radical (unpaired) electrons. The van der Waals surface area contributed by atoms with Crippen molar-refractivity contribution in [1.29, 1.82) is 0 Å². The van der Waals surface area contributed by atoms with Crippen molar-refractivity contribution in [2.45, 2.75) is 12.5 Å². The molecule has 11 heavy (non-hydrogen) atoms. The molecule has 3 N–H and O–H groups in total. The Hall–Kier alpha value is -0.800. The first-order valence-electron chi connectivity index (χ1n) is 3.88. The zero-order valence-electron chi connectivity index (χ0n) is 6.29. The lowest BCUT2D eigenvalue weighted by molar-refractivity contribution is 0.120. The lowest BCUT2D eigenvalue weighted by Gasteiger charge is -2.20. The average Bonchev–Trinajstić information content (AvgIpc) is 2.50. The number of hydrogen-bond donors (Lipinski definition) is 2. The van der Waals surface area contributed by atoms with Gasteiger partial charge in [0.05, 0.1) is 5.70 Å². The van der Waals surface area contributed by atoms with Gasteiger partial charge < -0.3 is 10.2 Å². The van der Waals surface area contributed by atoms with Gasteiger partial charge in [0, 0.05) is 12.5 Å². The Labute approximate surface area is 65.9 Å². The topological polar surface area (TPSA) is 47.3 Å². The highest BCUT2D eigenvalue weighted by molar-refractivity contribution is 5.24. The first-order chi connectivity index (χ1) is 5.42. The fraction of sp³-hybridized carbons (Fsp3) is 0.500. The summed E-state index contributed by atoms with van der Waals surface area (Å²) in [5.41, 5.74) is 3.66. The molecule has 0 saturated carbocycles. The largest absolute Gasteiger partial charge is 0.371 e. The molecule has 0 bridgehead atoms. The molecule has 2 rings (SSSR count). The zero-order chi connectivity index (χ0) is 7.68. The van der Waals surface area contributed by atoms with Crippen molar-refractivity contribution in [3.05, 3.63) is 23.9 Å². The first-order valence-corrected chi connectivity index (χ1v) is 3.88. The van der Waals surface area contributed by atoms with Crippen molar-refractivity contribution in [1.82, 2.24) is 5.43 Å². The minimum Gasteiger partial charge on any atom is -0.371 e. The van der Waals surface area contributed by atoms with E-state index in [9.17, 15) is 0 Å². The van der Waals surface area contributed by atoms with E-state index in [2.05, 4.69) is 11.5 Å². The van der Waals surface area contributed by atoms with Gasteiger partial charge >= 0.3 is 0 Å². The molecule has 3 heteroatoms. The number of nitrogens with two attached hydrogens (primary N) is 1. The monoisotopic (exact) mass is 152 g/mol. The van der Waals surface area contributed by atoms with Crippen LogP contribution in [-0.2, 0) is 4.74 Å². The predicted molar refractivity (Wildman–Crippen MR) is 42.4 cm³/mol. The molecule has 1 saturated heterocycles. The van der Waals surface area contributed by atoms with Crippen molar-refractivity contribution >= 4 is 0 Å². The maximum Gasteiger partial charge on any atom is 0.105 e. The van der Waals surface area contributed by atoms with Crippen LogP contribution in [0.15, 0.2) is 23.9 Å². The molecule has 1 aliphatic heterocycles. The normalized spacial score (nSPS) is 34.8. The molecule has 1 fully saturated rings. The maximum atomic E-state index is 5.50. The van der Waals surface area contributed by atoms with E-state index >= 15 is 0 Å². The van der Waals surface area contributed by atoms with Gasteiger partial charge in [0.2, 0.25) is 0 Å². The minimum atomic E-state index is 0.185. The molecule has 2 aliphatic rings. The summed E-state index contributed by atoms with van der Waals surface area (Å²) in [6, 6.07) is 0. The number of hydrogen-bond acceptors (Lipinski definition) is 3. The maximum absolute atomic E-state index is 5.50. The number of rotatable bonds is 1. The van der Waals surface area contributed by atoms with E-state index in [4.69, 9.17) is 10.6 Å². The van der Waals surface area contributed by atoms with Crippen LogP contribution in [0.2, 0.25) is 0 Å². The van der Waals surface area contributed by atoms with Crippen molar-refractivity contribution in [2.24, 2.45) is 11.8 Å². The average molecular weight is 152 g/mol. The van der Waals surface area contributed by atoms with Crippen LogP contribution in [0.5, 0.6) is 0 Å². The quantitative estimate of drug-likeness (QED) is 0.420. The third kappa shape index (κ3) is 1.06. The number of ether oxygens (including phenoxy) is 1. The van der Waals surface area contributed by atoms with E-state index in [1.54, 1.807) is 0 Å². The van der Waals surface area contributed by atoms with Crippen LogP contribution in [0.3, 0.4) is 0 Å². The number of allylic oxidation sites excluding steroid dienone is 2. The molecule has 1 heterocycles. The van der Waals surface area contributed by atoms with Gasteiger partial charge in [-0.15, -0.1) is 0 Å². The summed E-state index contributed by atoms with van der Waals surface area (Å²) in [7, 11) is 0. The summed E-state index contributed by atoms with van der Waals surface area (Å²) in [4.78, 5) is 0. The molecule has 60 valence electrons. The highest BCUT2D eigenvalue weighted by Gasteiger charge is 2.30. The van der Waals surface area contributed by atoms with E-state index in [0.717, 1.165) is 18.7 Å². The summed E-state index contributed by atoms with van der Waals surface area (Å²) in [6.45, 7) is 0.846. The highest BCUT2D eigenvalue weighted by atomic mass is 16.5. The second kappa shape index (κ2) is 2.68. The molecule has 0 aromatic carbocycles. The van der Waals surface area contributed by atoms with Crippen LogP contribution in [0.1, 0.15) is 6.42 Å².